The summed E-state index contributed by atoms with van der Waals surface area (Å²) < 4.78 is 6.30. The van der Waals surface area contributed by atoms with Crippen LogP contribution in [-0.4, -0.2) is 9.97 Å². The van der Waals surface area contributed by atoms with Crippen molar-refractivity contribution in [1.82, 2.24) is 9.97 Å². The lowest BCUT2D eigenvalue weighted by Gasteiger charge is -2.22. The predicted octanol–water partition coefficient (Wildman–Crippen LogP) is 10.1. The van der Waals surface area contributed by atoms with Gasteiger partial charge in [-0.25, -0.2) is 9.97 Å². The first-order valence-corrected chi connectivity index (χ1v) is 13.7. The zero-order valence-corrected chi connectivity index (χ0v) is 22.2. The third-order valence-corrected chi connectivity index (χ3v) is 7.70. The van der Waals surface area contributed by atoms with Crippen molar-refractivity contribution in [2.24, 2.45) is 0 Å². The molecule has 192 valence electrons. The van der Waals surface area contributed by atoms with Crippen LogP contribution < -0.4 is 4.74 Å². The third-order valence-electron chi connectivity index (χ3n) is 7.70. The molecule has 0 bridgehead atoms. The monoisotopic (exact) mass is 524 g/mol. The van der Waals surface area contributed by atoms with Gasteiger partial charge in [0.05, 0.1) is 11.4 Å². The number of hydrogen-bond donors (Lipinski definition) is 0. The summed E-state index contributed by atoms with van der Waals surface area (Å²) in [6.07, 6.45) is 0. The van der Waals surface area contributed by atoms with Crippen LogP contribution in [0.2, 0.25) is 0 Å². The van der Waals surface area contributed by atoms with Gasteiger partial charge in [-0.2, -0.15) is 0 Å². The molecule has 0 unspecified atom stereocenters. The van der Waals surface area contributed by atoms with Crippen LogP contribution in [0.25, 0.3) is 66.9 Å². The predicted molar refractivity (Wildman–Crippen MR) is 167 cm³/mol. The number of ether oxygens (including phenoxy) is 1. The lowest BCUT2D eigenvalue weighted by Crippen LogP contribution is -1.97. The Morgan fingerprint density at radius 3 is 1.73 bits per heavy atom. The van der Waals surface area contributed by atoms with Crippen LogP contribution in [0.4, 0.5) is 0 Å². The fraction of sp³-hybridized carbons (Fsp3) is 0. The van der Waals surface area contributed by atoms with Crippen LogP contribution in [0.3, 0.4) is 0 Å². The molecule has 1 aliphatic heterocycles. The maximum atomic E-state index is 6.30. The molecule has 7 aromatic rings. The number of rotatable bonds is 4. The molecule has 41 heavy (non-hydrogen) atoms. The molecule has 1 aliphatic rings. The molecule has 0 saturated heterocycles. The number of aromatic nitrogens is 2. The summed E-state index contributed by atoms with van der Waals surface area (Å²) >= 11 is 0. The first-order valence-electron chi connectivity index (χ1n) is 13.7. The van der Waals surface area contributed by atoms with Gasteiger partial charge >= 0.3 is 0 Å². The van der Waals surface area contributed by atoms with Crippen molar-refractivity contribution in [3.63, 3.8) is 0 Å². The van der Waals surface area contributed by atoms with Crippen molar-refractivity contribution in [2.75, 3.05) is 0 Å². The molecule has 8 rings (SSSR count). The van der Waals surface area contributed by atoms with E-state index in [1.807, 2.05) is 48.5 Å². The van der Waals surface area contributed by atoms with Gasteiger partial charge in [-0.1, -0.05) is 121 Å². The number of nitrogens with zero attached hydrogens (tertiary/aromatic N) is 2. The summed E-state index contributed by atoms with van der Waals surface area (Å²) in [5.41, 5.74) is 9.52. The van der Waals surface area contributed by atoms with Gasteiger partial charge in [-0.15, -0.1) is 0 Å². The normalized spacial score (nSPS) is 11.6. The summed E-state index contributed by atoms with van der Waals surface area (Å²) in [7, 11) is 0. The van der Waals surface area contributed by atoms with Crippen LogP contribution in [0.1, 0.15) is 0 Å². The molecular formula is C38H24N2O. The SMILES string of the molecule is c1ccc(-c2cc(-c3ccc(-c4ccc5c(c4)-c4cccc6cccc(c46)O5)cc3)nc(-c3ccccc3)n2)cc1. The van der Waals surface area contributed by atoms with E-state index in [4.69, 9.17) is 14.7 Å². The average molecular weight is 525 g/mol. The van der Waals surface area contributed by atoms with Gasteiger partial charge in [0.15, 0.2) is 5.82 Å². The van der Waals surface area contributed by atoms with Crippen LogP contribution in [0.5, 0.6) is 11.5 Å². The summed E-state index contributed by atoms with van der Waals surface area (Å²) in [5.74, 6) is 2.52. The van der Waals surface area contributed by atoms with E-state index >= 15 is 0 Å². The average Bonchev–Trinajstić information content (AvgIpc) is 3.06. The lowest BCUT2D eigenvalue weighted by atomic mass is 9.92. The number of fused-ring (bicyclic) bond motifs is 2. The molecule has 1 aromatic heterocycles. The molecule has 0 fully saturated rings. The Balaban J connectivity index is 1.19. The molecule has 2 heterocycles. The minimum atomic E-state index is 0.718. The standard InChI is InChI=1S/C38H24N2O/c1-3-9-26(10-4-1)33-24-34(40-38(39-33)29-11-5-2-6-12-29)27-19-17-25(18-20-27)30-21-22-35-32(23-30)31-15-7-13-28-14-8-16-36(41-35)37(28)31/h1-24H. The van der Waals surface area contributed by atoms with Gasteiger partial charge in [0.2, 0.25) is 0 Å². The highest BCUT2D eigenvalue weighted by Crippen LogP contribution is 2.47. The van der Waals surface area contributed by atoms with E-state index in [1.54, 1.807) is 0 Å². The highest BCUT2D eigenvalue weighted by molar-refractivity contribution is 6.04. The molecule has 3 nitrogen and oxygen atoms in total. The smallest absolute Gasteiger partial charge is 0.160 e. The largest absolute Gasteiger partial charge is 0.456 e. The molecule has 0 saturated carbocycles. The van der Waals surface area contributed by atoms with Gasteiger partial charge < -0.3 is 4.74 Å². The van der Waals surface area contributed by atoms with Gasteiger partial charge in [0.1, 0.15) is 11.5 Å². The topological polar surface area (TPSA) is 35.0 Å². The van der Waals surface area contributed by atoms with Gasteiger partial charge in [0, 0.05) is 27.6 Å². The summed E-state index contributed by atoms with van der Waals surface area (Å²) in [6.45, 7) is 0. The molecule has 3 heteroatoms. The molecule has 0 amide bonds. The van der Waals surface area contributed by atoms with E-state index in [0.29, 0.717) is 0 Å². The van der Waals surface area contributed by atoms with Gasteiger partial charge in [0.25, 0.3) is 0 Å². The molecule has 0 aliphatic carbocycles. The summed E-state index contributed by atoms with van der Waals surface area (Å²) in [5, 5.41) is 2.36. The van der Waals surface area contributed by atoms with E-state index in [9.17, 15) is 0 Å². The highest BCUT2D eigenvalue weighted by Gasteiger charge is 2.20. The Bertz CT molecular complexity index is 1990. The molecular weight excluding hydrogens is 500 g/mol. The number of benzene rings is 6. The third kappa shape index (κ3) is 4.16. The fourth-order valence-electron chi connectivity index (χ4n) is 5.65. The molecule has 0 atom stereocenters. The second-order valence-electron chi connectivity index (χ2n) is 10.2. The zero-order chi connectivity index (χ0) is 27.2. The Morgan fingerprint density at radius 2 is 1.00 bits per heavy atom. The maximum absolute atomic E-state index is 6.30. The van der Waals surface area contributed by atoms with Crippen LogP contribution >= 0.6 is 0 Å². The van der Waals surface area contributed by atoms with E-state index in [1.165, 1.54) is 16.3 Å². The van der Waals surface area contributed by atoms with Crippen molar-refractivity contribution < 1.29 is 4.74 Å². The Morgan fingerprint density at radius 1 is 0.390 bits per heavy atom. The fourth-order valence-corrected chi connectivity index (χ4v) is 5.65. The van der Waals surface area contributed by atoms with Crippen molar-refractivity contribution in [2.45, 2.75) is 0 Å². The van der Waals surface area contributed by atoms with Crippen molar-refractivity contribution >= 4 is 10.8 Å². The Labute approximate surface area is 238 Å². The van der Waals surface area contributed by atoms with Crippen LogP contribution in [0.15, 0.2) is 146 Å². The summed E-state index contributed by atoms with van der Waals surface area (Å²) in [4.78, 5) is 9.89. The minimum absolute atomic E-state index is 0.718. The summed E-state index contributed by atoms with van der Waals surface area (Å²) in [6, 6.07) is 50.2. The van der Waals surface area contributed by atoms with E-state index in [2.05, 4.69) is 97.1 Å². The molecule has 0 radical (unpaired) electrons. The highest BCUT2D eigenvalue weighted by atomic mass is 16.5. The number of hydrogen-bond acceptors (Lipinski definition) is 3. The lowest BCUT2D eigenvalue weighted by molar-refractivity contribution is 0.487. The molecule has 0 N–H and O–H groups in total. The van der Waals surface area contributed by atoms with Gasteiger partial charge in [-0.05, 0) is 46.3 Å². The second kappa shape index (κ2) is 9.58. The maximum Gasteiger partial charge on any atom is 0.160 e. The molecule has 6 aromatic carbocycles. The second-order valence-corrected chi connectivity index (χ2v) is 10.2. The Hall–Kier alpha value is -5.54. The van der Waals surface area contributed by atoms with Gasteiger partial charge in [-0.3, -0.25) is 0 Å². The first kappa shape index (κ1) is 23.4. The Kier molecular flexibility index (Phi) is 5.46. The first-order chi connectivity index (χ1) is 20.3. The van der Waals surface area contributed by atoms with Crippen LogP contribution in [-0.2, 0) is 0 Å². The minimum Gasteiger partial charge on any atom is -0.456 e. The van der Waals surface area contributed by atoms with E-state index in [-0.39, 0.29) is 0 Å². The quantitative estimate of drug-likeness (QED) is 0.230. The zero-order valence-electron chi connectivity index (χ0n) is 22.2. The van der Waals surface area contributed by atoms with Crippen molar-refractivity contribution in [1.29, 1.82) is 0 Å². The van der Waals surface area contributed by atoms with E-state index in [0.717, 1.165) is 62.1 Å². The van der Waals surface area contributed by atoms with E-state index < -0.39 is 0 Å². The van der Waals surface area contributed by atoms with Crippen molar-refractivity contribution in [3.05, 3.63) is 146 Å². The molecule has 0 spiro atoms. The van der Waals surface area contributed by atoms with Crippen LogP contribution in [0, 0.1) is 0 Å². The van der Waals surface area contributed by atoms with Crippen molar-refractivity contribution in [3.8, 4) is 67.7 Å².